The minimum Gasteiger partial charge on any atom is -0.508 e. The Hall–Kier alpha value is -1.89. The third-order valence-electron chi connectivity index (χ3n) is 4.96. The standard InChI is InChI=1S/C24H41N3O7S/c1-20(29)27(18-22-17-21(19-28)5-6-23(22)30)9-4-11-33-13-15-34-14-12-32-10-3-8-26-24(31)7-16-35-25-2/h5-6,17,25,28,30H,3-4,7-16,18-19H2,1-2H3,(H,26,31). The predicted molar refractivity (Wildman–Crippen MR) is 136 cm³/mol. The number of carbonyl (C=O) groups is 2. The number of aliphatic hydroxyl groups excluding tert-OH is 1. The van der Waals surface area contributed by atoms with Gasteiger partial charge in [0, 0.05) is 57.5 Å². The highest BCUT2D eigenvalue weighted by Gasteiger charge is 2.12. The number of nitrogens with zero attached hydrogens (tertiary/aromatic N) is 1. The summed E-state index contributed by atoms with van der Waals surface area (Å²) in [4.78, 5) is 25.1. The van der Waals surface area contributed by atoms with Gasteiger partial charge in [-0.25, -0.2) is 0 Å². The molecule has 0 bridgehead atoms. The van der Waals surface area contributed by atoms with Crippen molar-refractivity contribution < 1.29 is 34.0 Å². The summed E-state index contributed by atoms with van der Waals surface area (Å²) in [7, 11) is 1.83. The lowest BCUT2D eigenvalue weighted by atomic mass is 10.1. The Morgan fingerprint density at radius 2 is 1.69 bits per heavy atom. The minimum absolute atomic E-state index is 0.0530. The van der Waals surface area contributed by atoms with Crippen LogP contribution in [0.4, 0.5) is 0 Å². The zero-order valence-corrected chi connectivity index (χ0v) is 21.7. The number of phenols is 1. The van der Waals surface area contributed by atoms with Crippen LogP contribution in [-0.2, 0) is 37.0 Å². The van der Waals surface area contributed by atoms with Crippen LogP contribution in [0.1, 0.15) is 37.3 Å². The largest absolute Gasteiger partial charge is 0.508 e. The zero-order chi connectivity index (χ0) is 25.7. The number of carbonyl (C=O) groups excluding carboxylic acids is 2. The van der Waals surface area contributed by atoms with Gasteiger partial charge in [0.15, 0.2) is 0 Å². The van der Waals surface area contributed by atoms with E-state index in [2.05, 4.69) is 10.0 Å². The van der Waals surface area contributed by atoms with Gasteiger partial charge in [0.05, 0.1) is 33.0 Å². The van der Waals surface area contributed by atoms with Crippen molar-refractivity contribution in [3.63, 3.8) is 0 Å². The van der Waals surface area contributed by atoms with Gasteiger partial charge in [-0.2, -0.15) is 0 Å². The number of phenolic OH excluding ortho intramolecular Hbond substituents is 1. The van der Waals surface area contributed by atoms with Crippen molar-refractivity contribution in [2.45, 2.75) is 39.3 Å². The lowest BCUT2D eigenvalue weighted by molar-refractivity contribution is -0.129. The van der Waals surface area contributed by atoms with Crippen LogP contribution in [0.5, 0.6) is 5.75 Å². The molecule has 0 saturated heterocycles. The summed E-state index contributed by atoms with van der Waals surface area (Å²) in [6.45, 7) is 5.71. The van der Waals surface area contributed by atoms with E-state index in [1.54, 1.807) is 17.0 Å². The molecule has 0 fully saturated rings. The van der Waals surface area contributed by atoms with Gasteiger partial charge in [0.2, 0.25) is 11.8 Å². The van der Waals surface area contributed by atoms with E-state index in [4.69, 9.17) is 14.2 Å². The first-order valence-electron chi connectivity index (χ1n) is 11.9. The molecule has 1 rings (SSSR count). The SMILES string of the molecule is CNSCCC(=O)NCCCOCCOCCOCCCN(Cc1cc(CO)ccc1O)C(C)=O. The topological polar surface area (TPSA) is 130 Å². The molecule has 0 spiro atoms. The molecule has 10 nitrogen and oxygen atoms in total. The number of hydrogen-bond donors (Lipinski definition) is 4. The predicted octanol–water partition coefficient (Wildman–Crippen LogP) is 1.44. The molecule has 0 radical (unpaired) electrons. The Kier molecular flexibility index (Phi) is 18.1. The van der Waals surface area contributed by atoms with Gasteiger partial charge >= 0.3 is 0 Å². The third-order valence-corrected chi connectivity index (χ3v) is 5.65. The third kappa shape index (κ3) is 15.7. The number of amides is 2. The highest BCUT2D eigenvalue weighted by Crippen LogP contribution is 2.20. The van der Waals surface area contributed by atoms with Crippen LogP contribution in [-0.4, -0.2) is 92.5 Å². The van der Waals surface area contributed by atoms with Gasteiger partial charge in [0.1, 0.15) is 5.75 Å². The molecule has 0 atom stereocenters. The molecule has 1 aromatic carbocycles. The van der Waals surface area contributed by atoms with E-state index in [1.807, 2.05) is 7.05 Å². The Labute approximate surface area is 212 Å². The first-order valence-corrected chi connectivity index (χ1v) is 12.9. The smallest absolute Gasteiger partial charge is 0.220 e. The van der Waals surface area contributed by atoms with Gasteiger partial charge in [0.25, 0.3) is 0 Å². The zero-order valence-electron chi connectivity index (χ0n) is 20.9. The van der Waals surface area contributed by atoms with E-state index < -0.39 is 0 Å². The summed E-state index contributed by atoms with van der Waals surface area (Å²) < 4.78 is 19.4. The van der Waals surface area contributed by atoms with Crippen LogP contribution in [0.3, 0.4) is 0 Å². The van der Waals surface area contributed by atoms with Crippen molar-refractivity contribution in [1.82, 2.24) is 14.9 Å². The van der Waals surface area contributed by atoms with Crippen LogP contribution in [0.25, 0.3) is 0 Å². The molecule has 2 amide bonds. The number of ether oxygens (including phenoxy) is 3. The molecular weight excluding hydrogens is 474 g/mol. The van der Waals surface area contributed by atoms with Crippen molar-refractivity contribution in [3.8, 4) is 5.75 Å². The molecule has 11 heteroatoms. The van der Waals surface area contributed by atoms with Crippen molar-refractivity contribution in [2.24, 2.45) is 0 Å². The number of aromatic hydroxyl groups is 1. The molecule has 0 heterocycles. The second kappa shape index (κ2) is 20.3. The lowest BCUT2D eigenvalue weighted by Gasteiger charge is -2.22. The van der Waals surface area contributed by atoms with E-state index in [0.29, 0.717) is 76.7 Å². The first kappa shape index (κ1) is 31.1. The molecule has 0 aliphatic carbocycles. The van der Waals surface area contributed by atoms with Crippen molar-refractivity contribution in [3.05, 3.63) is 29.3 Å². The fourth-order valence-corrected chi connectivity index (χ4v) is 3.54. The maximum atomic E-state index is 11.9. The van der Waals surface area contributed by atoms with Crippen molar-refractivity contribution >= 4 is 23.8 Å². The minimum atomic E-state index is -0.119. The molecule has 0 saturated carbocycles. The molecule has 0 unspecified atom stereocenters. The van der Waals surface area contributed by atoms with Gasteiger partial charge < -0.3 is 34.6 Å². The fourth-order valence-electron chi connectivity index (χ4n) is 3.05. The summed E-state index contributed by atoms with van der Waals surface area (Å²) >= 11 is 1.52. The maximum Gasteiger partial charge on any atom is 0.220 e. The maximum absolute atomic E-state index is 11.9. The Bertz CT molecular complexity index is 724. The number of aliphatic hydroxyl groups is 1. The number of hydrogen-bond acceptors (Lipinski definition) is 9. The molecule has 0 aliphatic rings. The second-order valence-corrected chi connectivity index (χ2v) is 8.86. The molecule has 0 aliphatic heterocycles. The normalized spacial score (nSPS) is 10.9. The van der Waals surface area contributed by atoms with E-state index in [0.717, 1.165) is 12.2 Å². The molecular formula is C24H41N3O7S. The molecule has 4 N–H and O–H groups in total. The van der Waals surface area contributed by atoms with Gasteiger partial charge in [-0.15, -0.1) is 0 Å². The molecule has 200 valence electrons. The highest BCUT2D eigenvalue weighted by atomic mass is 32.2. The monoisotopic (exact) mass is 515 g/mol. The quantitative estimate of drug-likeness (QED) is 0.142. The van der Waals surface area contributed by atoms with Crippen molar-refractivity contribution in [2.75, 3.05) is 65.5 Å². The first-order chi connectivity index (χ1) is 17.0. The number of nitrogens with one attached hydrogen (secondary N) is 2. The van der Waals surface area contributed by atoms with E-state index >= 15 is 0 Å². The number of rotatable bonds is 21. The molecule has 1 aromatic rings. The van der Waals surface area contributed by atoms with Gasteiger partial charge in [-0.3, -0.25) is 14.3 Å². The Morgan fingerprint density at radius 1 is 1.03 bits per heavy atom. The van der Waals surface area contributed by atoms with E-state index in [1.165, 1.54) is 24.9 Å². The van der Waals surface area contributed by atoms with E-state index in [-0.39, 0.29) is 30.7 Å². The fraction of sp³-hybridized carbons (Fsp3) is 0.667. The lowest BCUT2D eigenvalue weighted by Crippen LogP contribution is -2.30. The van der Waals surface area contributed by atoms with Crippen LogP contribution >= 0.6 is 11.9 Å². The van der Waals surface area contributed by atoms with Crippen LogP contribution in [0.15, 0.2) is 18.2 Å². The Morgan fingerprint density at radius 3 is 2.31 bits per heavy atom. The molecule has 35 heavy (non-hydrogen) atoms. The summed E-state index contributed by atoms with van der Waals surface area (Å²) in [5, 5.41) is 22.1. The van der Waals surface area contributed by atoms with E-state index in [9.17, 15) is 19.8 Å². The van der Waals surface area contributed by atoms with Gasteiger partial charge in [-0.1, -0.05) is 18.0 Å². The second-order valence-electron chi connectivity index (χ2n) is 7.76. The number of benzene rings is 1. The summed E-state index contributed by atoms with van der Waals surface area (Å²) in [6, 6.07) is 4.88. The molecule has 0 aromatic heterocycles. The highest BCUT2D eigenvalue weighted by molar-refractivity contribution is 7.97. The summed E-state index contributed by atoms with van der Waals surface area (Å²) in [5.41, 5.74) is 1.29. The summed E-state index contributed by atoms with van der Waals surface area (Å²) in [6.07, 6.45) is 1.92. The summed E-state index contributed by atoms with van der Waals surface area (Å²) in [5.74, 6) is 0.821. The van der Waals surface area contributed by atoms with Crippen LogP contribution < -0.4 is 10.0 Å². The average Bonchev–Trinajstić information content (AvgIpc) is 2.84. The van der Waals surface area contributed by atoms with Crippen LogP contribution in [0.2, 0.25) is 0 Å². The van der Waals surface area contributed by atoms with Crippen molar-refractivity contribution in [1.29, 1.82) is 0 Å². The van der Waals surface area contributed by atoms with Gasteiger partial charge in [-0.05, 0) is 37.6 Å². The van der Waals surface area contributed by atoms with Crippen LogP contribution in [0, 0.1) is 0 Å². The Balaban J connectivity index is 1.99. The average molecular weight is 516 g/mol.